The van der Waals surface area contributed by atoms with E-state index in [0.717, 1.165) is 38.0 Å². The molecular weight excluding hydrogens is 266 g/mol. The van der Waals surface area contributed by atoms with Gasteiger partial charge in [0, 0.05) is 6.04 Å². The first kappa shape index (κ1) is 16.3. The van der Waals surface area contributed by atoms with Gasteiger partial charge in [-0.1, -0.05) is 27.2 Å². The number of hydrogen-bond acceptors (Lipinski definition) is 2. The molecule has 0 aromatic heterocycles. The summed E-state index contributed by atoms with van der Waals surface area (Å²) in [6.45, 7) is 6.53. The third-order valence-electron chi connectivity index (χ3n) is 5.65. The lowest BCUT2D eigenvalue weighted by atomic mass is 9.79. The monoisotopic (exact) mass is 295 g/mol. The molecule has 0 aromatic carbocycles. The highest BCUT2D eigenvalue weighted by molar-refractivity contribution is 5.85. The lowest BCUT2D eigenvalue weighted by molar-refractivity contribution is -0.146. The number of carboxylic acids is 1. The van der Waals surface area contributed by atoms with Crippen LogP contribution in [0.5, 0.6) is 0 Å². The van der Waals surface area contributed by atoms with Crippen molar-refractivity contribution in [3.8, 4) is 0 Å². The molecule has 2 rings (SSSR count). The van der Waals surface area contributed by atoms with Gasteiger partial charge in [0.25, 0.3) is 0 Å². The van der Waals surface area contributed by atoms with Gasteiger partial charge in [-0.3, -0.25) is 9.59 Å². The Morgan fingerprint density at radius 2 is 1.76 bits per heavy atom. The van der Waals surface area contributed by atoms with Gasteiger partial charge in [0.05, 0.1) is 11.8 Å². The molecule has 2 fully saturated rings. The van der Waals surface area contributed by atoms with Crippen LogP contribution in [0.4, 0.5) is 0 Å². The minimum atomic E-state index is -0.809. The minimum absolute atomic E-state index is 0.0234. The Hall–Kier alpha value is -1.06. The molecule has 0 bridgehead atoms. The van der Waals surface area contributed by atoms with E-state index in [1.165, 1.54) is 0 Å². The highest BCUT2D eigenvalue weighted by Crippen LogP contribution is 2.39. The molecule has 0 radical (unpaired) electrons. The Balaban J connectivity index is 1.97. The van der Waals surface area contributed by atoms with E-state index in [2.05, 4.69) is 26.1 Å². The van der Waals surface area contributed by atoms with Gasteiger partial charge in [-0.2, -0.15) is 0 Å². The normalized spacial score (nSPS) is 40.0. The van der Waals surface area contributed by atoms with Crippen molar-refractivity contribution in [3.05, 3.63) is 0 Å². The van der Waals surface area contributed by atoms with Crippen LogP contribution in [-0.2, 0) is 9.59 Å². The number of carbonyl (C=O) groups excluding carboxylic acids is 1. The van der Waals surface area contributed by atoms with Gasteiger partial charge in [0.15, 0.2) is 0 Å². The zero-order valence-electron chi connectivity index (χ0n) is 13.5. The average molecular weight is 295 g/mol. The van der Waals surface area contributed by atoms with Crippen LogP contribution in [0.2, 0.25) is 0 Å². The van der Waals surface area contributed by atoms with Crippen LogP contribution in [0, 0.1) is 29.6 Å². The Bertz CT molecular complexity index is 395. The smallest absolute Gasteiger partial charge is 0.307 e. The summed E-state index contributed by atoms with van der Waals surface area (Å²) in [6, 6.07) is 0.226. The van der Waals surface area contributed by atoms with E-state index in [0.29, 0.717) is 18.3 Å². The Morgan fingerprint density at radius 1 is 1.10 bits per heavy atom. The van der Waals surface area contributed by atoms with E-state index in [4.69, 9.17) is 0 Å². The van der Waals surface area contributed by atoms with Crippen molar-refractivity contribution in [2.24, 2.45) is 29.6 Å². The first-order valence-corrected chi connectivity index (χ1v) is 8.45. The van der Waals surface area contributed by atoms with Crippen molar-refractivity contribution in [1.82, 2.24) is 5.32 Å². The zero-order valence-corrected chi connectivity index (χ0v) is 13.5. The summed E-state index contributed by atoms with van der Waals surface area (Å²) in [5, 5.41) is 12.5. The topological polar surface area (TPSA) is 66.4 Å². The highest BCUT2D eigenvalue weighted by Gasteiger charge is 2.43. The van der Waals surface area contributed by atoms with E-state index < -0.39 is 11.9 Å². The number of amides is 1. The summed E-state index contributed by atoms with van der Waals surface area (Å²) in [5.74, 6) is -0.0567. The van der Waals surface area contributed by atoms with Gasteiger partial charge in [-0.25, -0.2) is 0 Å². The molecule has 4 heteroatoms. The van der Waals surface area contributed by atoms with E-state index >= 15 is 0 Å². The minimum Gasteiger partial charge on any atom is -0.481 e. The van der Waals surface area contributed by atoms with Crippen molar-refractivity contribution < 1.29 is 14.7 Å². The van der Waals surface area contributed by atoms with Gasteiger partial charge in [0.1, 0.15) is 0 Å². The van der Waals surface area contributed by atoms with Crippen molar-refractivity contribution in [2.75, 3.05) is 0 Å². The zero-order chi connectivity index (χ0) is 15.6. The molecule has 21 heavy (non-hydrogen) atoms. The fraction of sp³-hybridized carbons (Fsp3) is 0.882. The number of carboxylic acid groups (broad SMARTS) is 1. The standard InChI is InChI=1S/C17H29NO3/c1-4-12-8-13(14(9-12)17(20)21)16(19)18-15-6-5-10(2)7-11(15)3/h10-15H,4-9H2,1-3H3,(H,18,19)(H,20,21)/t10?,11?,12?,13-,14+,15?/m0/s1. The summed E-state index contributed by atoms with van der Waals surface area (Å²) in [4.78, 5) is 23.9. The fourth-order valence-corrected chi connectivity index (χ4v) is 4.21. The van der Waals surface area contributed by atoms with Crippen LogP contribution in [-0.4, -0.2) is 23.0 Å². The Kier molecular flexibility index (Phi) is 5.28. The molecular formula is C17H29NO3. The van der Waals surface area contributed by atoms with Gasteiger partial charge in [-0.15, -0.1) is 0 Å². The van der Waals surface area contributed by atoms with E-state index in [1.807, 2.05) is 0 Å². The number of carbonyl (C=O) groups is 2. The molecule has 2 aliphatic carbocycles. The molecule has 4 nitrogen and oxygen atoms in total. The molecule has 0 aliphatic heterocycles. The van der Waals surface area contributed by atoms with Gasteiger partial charge in [0.2, 0.25) is 5.91 Å². The molecule has 2 aliphatic rings. The van der Waals surface area contributed by atoms with Crippen molar-refractivity contribution in [1.29, 1.82) is 0 Å². The number of rotatable bonds is 4. The van der Waals surface area contributed by atoms with Gasteiger partial charge < -0.3 is 10.4 Å². The molecule has 0 heterocycles. The maximum absolute atomic E-state index is 12.5. The Morgan fingerprint density at radius 3 is 2.33 bits per heavy atom. The van der Waals surface area contributed by atoms with E-state index in [1.54, 1.807) is 0 Å². The Labute approximate surface area is 127 Å². The molecule has 0 saturated heterocycles. The van der Waals surface area contributed by atoms with Crippen LogP contribution < -0.4 is 5.32 Å². The van der Waals surface area contributed by atoms with Crippen LogP contribution in [0.25, 0.3) is 0 Å². The third kappa shape index (κ3) is 3.78. The summed E-state index contributed by atoms with van der Waals surface area (Å²) in [5.41, 5.74) is 0. The van der Waals surface area contributed by atoms with Crippen molar-refractivity contribution in [2.45, 2.75) is 65.3 Å². The van der Waals surface area contributed by atoms with Crippen LogP contribution in [0.1, 0.15) is 59.3 Å². The first-order valence-electron chi connectivity index (χ1n) is 8.45. The second-order valence-corrected chi connectivity index (χ2v) is 7.31. The molecule has 0 aromatic rings. The molecule has 1 amide bonds. The first-order chi connectivity index (χ1) is 9.92. The fourth-order valence-electron chi connectivity index (χ4n) is 4.21. The number of hydrogen-bond donors (Lipinski definition) is 2. The maximum atomic E-state index is 12.5. The van der Waals surface area contributed by atoms with Crippen molar-refractivity contribution in [3.63, 3.8) is 0 Å². The number of nitrogens with one attached hydrogen (secondary N) is 1. The molecule has 6 atom stereocenters. The summed E-state index contributed by atoms with van der Waals surface area (Å²) in [7, 11) is 0. The molecule has 120 valence electrons. The summed E-state index contributed by atoms with van der Waals surface area (Å²) in [6.07, 6.45) is 5.67. The van der Waals surface area contributed by atoms with Crippen LogP contribution >= 0.6 is 0 Å². The number of aliphatic carboxylic acids is 1. The van der Waals surface area contributed by atoms with Gasteiger partial charge >= 0.3 is 5.97 Å². The average Bonchev–Trinajstić information content (AvgIpc) is 2.86. The quantitative estimate of drug-likeness (QED) is 0.837. The second kappa shape index (κ2) is 6.80. The van der Waals surface area contributed by atoms with Crippen molar-refractivity contribution >= 4 is 11.9 Å². The lowest BCUT2D eigenvalue weighted by Crippen LogP contribution is -2.46. The molecule has 0 spiro atoms. The largest absolute Gasteiger partial charge is 0.481 e. The molecule has 2 N–H and O–H groups in total. The van der Waals surface area contributed by atoms with Crippen LogP contribution in [0.15, 0.2) is 0 Å². The molecule has 2 saturated carbocycles. The summed E-state index contributed by atoms with van der Waals surface area (Å²) < 4.78 is 0. The van der Waals surface area contributed by atoms with Gasteiger partial charge in [-0.05, 0) is 49.9 Å². The molecule has 4 unspecified atom stereocenters. The third-order valence-corrected chi connectivity index (χ3v) is 5.65. The predicted molar refractivity (Wildman–Crippen MR) is 81.7 cm³/mol. The van der Waals surface area contributed by atoms with E-state index in [-0.39, 0.29) is 17.9 Å². The highest BCUT2D eigenvalue weighted by atomic mass is 16.4. The lowest BCUT2D eigenvalue weighted by Gasteiger charge is -2.34. The summed E-state index contributed by atoms with van der Waals surface area (Å²) >= 11 is 0. The SMILES string of the molecule is CCC1C[C@H](C(=O)NC2CCC(C)CC2C)[C@H](C(=O)O)C1. The second-order valence-electron chi connectivity index (χ2n) is 7.31. The maximum Gasteiger partial charge on any atom is 0.307 e. The van der Waals surface area contributed by atoms with Crippen LogP contribution in [0.3, 0.4) is 0 Å². The van der Waals surface area contributed by atoms with E-state index in [9.17, 15) is 14.7 Å². The predicted octanol–water partition coefficient (Wildman–Crippen LogP) is 3.06.